The van der Waals surface area contributed by atoms with Crippen LogP contribution in [0.2, 0.25) is 0 Å². The number of ether oxygens (including phenoxy) is 2. The fourth-order valence-corrected chi connectivity index (χ4v) is 11.9. The van der Waals surface area contributed by atoms with Crippen LogP contribution in [0.5, 0.6) is 0 Å². The van der Waals surface area contributed by atoms with Crippen molar-refractivity contribution < 1.29 is 33.8 Å². The monoisotopic (exact) mass is 603 g/mol. The number of hydrogen-bond donors (Lipinski definition) is 0. The van der Waals surface area contributed by atoms with Gasteiger partial charge in [-0.1, -0.05) is 41.5 Å². The normalized spacial score (nSPS) is 47.5. The van der Waals surface area contributed by atoms with Crippen LogP contribution in [0.4, 0.5) is 0 Å². The molecule has 43 heavy (non-hydrogen) atoms. The number of Topliss-reactive ketones (excluding diaryl/α,β-unsaturated/α-hetero) is 1. The average molecular weight is 604 g/mol. The first-order chi connectivity index (χ1) is 19.7. The molecule has 11 atom stereocenters. The van der Waals surface area contributed by atoms with E-state index in [-0.39, 0.29) is 62.8 Å². The number of esters is 2. The van der Waals surface area contributed by atoms with Gasteiger partial charge in [-0.2, -0.15) is 0 Å². The maximum Gasteiger partial charge on any atom is 0.313 e. The third kappa shape index (κ3) is 4.72. The summed E-state index contributed by atoms with van der Waals surface area (Å²) in [6.45, 7) is 18.8. The van der Waals surface area contributed by atoms with Crippen LogP contribution in [0, 0.1) is 66.3 Å². The fraction of sp³-hybridized carbons (Fsp3) is 0.912. The SMILES string of the molecule is CC(=O)O[C@H]1CC[C@]2(C)[C@H]3C(=O)CC4[C@@H]5C[C@@](C)(C(=O)OC(C)O[N+](=O)[O-])CC[C@]5(C)CC[C@@]4(C)[C@]3(C)CC[C@H]2C1(C)C. The Morgan fingerprint density at radius 3 is 2.19 bits per heavy atom. The minimum atomic E-state index is -1.27. The molecule has 242 valence electrons. The molecule has 5 rings (SSSR count). The molecule has 5 aliphatic rings. The maximum absolute atomic E-state index is 14.6. The molecule has 0 spiro atoms. The van der Waals surface area contributed by atoms with Crippen molar-refractivity contribution in [2.24, 2.45) is 56.2 Å². The lowest BCUT2D eigenvalue weighted by Crippen LogP contribution is -2.69. The van der Waals surface area contributed by atoms with Gasteiger partial charge >= 0.3 is 11.9 Å². The van der Waals surface area contributed by atoms with Crippen molar-refractivity contribution in [1.82, 2.24) is 0 Å². The van der Waals surface area contributed by atoms with Crippen LogP contribution in [0.1, 0.15) is 127 Å². The Balaban J connectivity index is 1.45. The van der Waals surface area contributed by atoms with E-state index < -0.39 is 22.8 Å². The summed E-state index contributed by atoms with van der Waals surface area (Å²) >= 11 is 0. The highest BCUT2D eigenvalue weighted by Gasteiger charge is 2.72. The zero-order valence-corrected chi connectivity index (χ0v) is 27.7. The quantitative estimate of drug-likeness (QED) is 0.141. The minimum Gasteiger partial charge on any atom is -0.462 e. The molecular weight excluding hydrogens is 550 g/mol. The van der Waals surface area contributed by atoms with Gasteiger partial charge in [-0.05, 0) is 111 Å². The third-order valence-electron chi connectivity index (χ3n) is 14.4. The Bertz CT molecular complexity index is 1200. The van der Waals surface area contributed by atoms with Gasteiger partial charge < -0.3 is 9.47 Å². The molecule has 0 radical (unpaired) electrons. The summed E-state index contributed by atoms with van der Waals surface area (Å²) in [6.07, 6.45) is 7.00. The Hall–Kier alpha value is -2.19. The number of ketones is 1. The number of rotatable bonds is 5. The molecule has 0 saturated heterocycles. The Morgan fingerprint density at radius 1 is 0.907 bits per heavy atom. The van der Waals surface area contributed by atoms with Crippen molar-refractivity contribution in [2.45, 2.75) is 139 Å². The summed E-state index contributed by atoms with van der Waals surface area (Å²) in [6, 6.07) is 0. The standard InChI is InChI=1S/C34H53NO8/c1-20(36)41-26-11-12-32(7)25(29(26,3)4)10-13-34(9)27(32)24(37)18-22-23-19-31(6,28(38)42-21(2)43-35(39)40)15-14-30(23,5)16-17-33(22,34)8/h21-23,25-27H,10-19H2,1-9H3/t21?,22?,23-,25-,26-,27+,30+,31-,32-,33+,34+/m0/s1. The first-order valence-electron chi connectivity index (χ1n) is 16.5. The van der Waals surface area contributed by atoms with E-state index in [9.17, 15) is 24.5 Å². The highest BCUT2D eigenvalue weighted by molar-refractivity contribution is 5.85. The first-order valence-corrected chi connectivity index (χ1v) is 16.5. The zero-order chi connectivity index (χ0) is 32.0. The van der Waals surface area contributed by atoms with Crippen molar-refractivity contribution in [3.05, 3.63) is 10.1 Å². The van der Waals surface area contributed by atoms with Crippen molar-refractivity contribution in [3.8, 4) is 0 Å². The molecule has 9 heteroatoms. The fourth-order valence-electron chi connectivity index (χ4n) is 11.9. The van der Waals surface area contributed by atoms with Crippen LogP contribution in [0.25, 0.3) is 0 Å². The van der Waals surface area contributed by atoms with E-state index in [1.54, 1.807) is 0 Å². The highest BCUT2D eigenvalue weighted by Crippen LogP contribution is 2.76. The second-order valence-corrected chi connectivity index (χ2v) is 16.9. The summed E-state index contributed by atoms with van der Waals surface area (Å²) in [5, 5.41) is 9.86. The van der Waals surface area contributed by atoms with Crippen LogP contribution < -0.4 is 0 Å². The van der Waals surface area contributed by atoms with Gasteiger partial charge in [0.05, 0.1) is 5.41 Å². The number of nitrogens with zero attached hydrogens (tertiary/aromatic N) is 1. The molecule has 5 aliphatic carbocycles. The number of carbonyl (C=O) groups is 3. The predicted molar refractivity (Wildman–Crippen MR) is 159 cm³/mol. The number of hydrogen-bond acceptors (Lipinski definition) is 8. The van der Waals surface area contributed by atoms with Gasteiger partial charge in [-0.15, -0.1) is 10.1 Å². The Labute approximate surface area is 256 Å². The van der Waals surface area contributed by atoms with Crippen LogP contribution in [-0.4, -0.2) is 35.2 Å². The molecule has 9 nitrogen and oxygen atoms in total. The first kappa shape index (κ1) is 32.2. The minimum absolute atomic E-state index is 0.0293. The van der Waals surface area contributed by atoms with Crippen molar-refractivity contribution in [1.29, 1.82) is 0 Å². The zero-order valence-electron chi connectivity index (χ0n) is 27.7. The molecule has 0 amide bonds. The lowest BCUT2D eigenvalue weighted by molar-refractivity contribution is -0.777. The van der Waals surface area contributed by atoms with E-state index >= 15 is 0 Å². The summed E-state index contributed by atoms with van der Waals surface area (Å²) in [5.41, 5.74) is -1.39. The van der Waals surface area contributed by atoms with Gasteiger partial charge in [0.1, 0.15) is 11.9 Å². The second-order valence-electron chi connectivity index (χ2n) is 16.9. The van der Waals surface area contributed by atoms with E-state index in [0.717, 1.165) is 44.9 Å². The topological polar surface area (TPSA) is 122 Å². The second kappa shape index (κ2) is 10.2. The summed E-state index contributed by atoms with van der Waals surface area (Å²) in [7, 11) is 0. The molecule has 0 aliphatic heterocycles. The van der Waals surface area contributed by atoms with Gasteiger partial charge in [0.15, 0.2) is 0 Å². The van der Waals surface area contributed by atoms with Gasteiger partial charge in [0.25, 0.3) is 5.09 Å². The largest absolute Gasteiger partial charge is 0.462 e. The maximum atomic E-state index is 14.6. The van der Waals surface area contributed by atoms with Crippen molar-refractivity contribution >= 4 is 17.7 Å². The molecule has 2 unspecified atom stereocenters. The number of carbonyl (C=O) groups excluding carboxylic acids is 3. The van der Waals surface area contributed by atoms with Crippen LogP contribution in [0.3, 0.4) is 0 Å². The van der Waals surface area contributed by atoms with Crippen molar-refractivity contribution in [3.63, 3.8) is 0 Å². The molecule has 0 aromatic heterocycles. The van der Waals surface area contributed by atoms with E-state index in [0.29, 0.717) is 25.0 Å². The molecule has 5 fully saturated rings. The van der Waals surface area contributed by atoms with Gasteiger partial charge in [0, 0.05) is 24.7 Å². The lowest BCUT2D eigenvalue weighted by Gasteiger charge is -2.72. The lowest BCUT2D eigenvalue weighted by atomic mass is 9.31. The van der Waals surface area contributed by atoms with Crippen LogP contribution in [0.15, 0.2) is 0 Å². The van der Waals surface area contributed by atoms with E-state index in [1.807, 2.05) is 6.92 Å². The van der Waals surface area contributed by atoms with Crippen molar-refractivity contribution in [2.75, 3.05) is 0 Å². The smallest absolute Gasteiger partial charge is 0.313 e. The average Bonchev–Trinajstić information content (AvgIpc) is 2.87. The summed E-state index contributed by atoms with van der Waals surface area (Å²) in [5.74, 6) is 0.235. The predicted octanol–water partition coefficient (Wildman–Crippen LogP) is 7.08. The Kier molecular flexibility index (Phi) is 7.61. The van der Waals surface area contributed by atoms with E-state index in [4.69, 9.17) is 9.47 Å². The highest BCUT2D eigenvalue weighted by atomic mass is 17.0. The van der Waals surface area contributed by atoms with Gasteiger partial charge in [-0.25, -0.2) is 0 Å². The molecule has 0 bridgehead atoms. The molecule has 0 heterocycles. The van der Waals surface area contributed by atoms with Gasteiger partial charge in [0.2, 0.25) is 6.29 Å². The molecule has 5 saturated carbocycles. The van der Waals surface area contributed by atoms with E-state index in [2.05, 4.69) is 46.4 Å². The van der Waals surface area contributed by atoms with Crippen LogP contribution >= 0.6 is 0 Å². The summed E-state index contributed by atoms with van der Waals surface area (Å²) < 4.78 is 11.3. The Morgan fingerprint density at radius 2 is 1.56 bits per heavy atom. The van der Waals surface area contributed by atoms with Gasteiger partial charge in [-0.3, -0.25) is 19.2 Å². The summed E-state index contributed by atoms with van der Waals surface area (Å²) in [4.78, 5) is 55.3. The van der Waals surface area contributed by atoms with Crippen LogP contribution in [-0.2, 0) is 28.7 Å². The molecule has 0 aromatic rings. The molecule has 0 N–H and O–H groups in total. The number of fused-ring (bicyclic) bond motifs is 7. The van der Waals surface area contributed by atoms with E-state index in [1.165, 1.54) is 13.8 Å². The molecule has 0 aromatic carbocycles. The third-order valence-corrected chi connectivity index (χ3v) is 14.4. The molecular formula is C34H53NO8.